The minimum absolute atomic E-state index is 0.0348. The molecule has 1 unspecified atom stereocenters. The van der Waals surface area contributed by atoms with E-state index in [0.717, 1.165) is 0 Å². The van der Waals surface area contributed by atoms with E-state index in [1.54, 1.807) is 0 Å². The second-order valence-electron chi connectivity index (χ2n) is 2.22. The van der Waals surface area contributed by atoms with Gasteiger partial charge in [0, 0.05) is 5.25 Å². The Labute approximate surface area is 61.6 Å². The van der Waals surface area contributed by atoms with Crippen LogP contribution in [0.3, 0.4) is 0 Å². The first-order valence-electron chi connectivity index (χ1n) is 3.07. The summed E-state index contributed by atoms with van der Waals surface area (Å²) in [7, 11) is 0. The Morgan fingerprint density at radius 1 is 1.56 bits per heavy atom. The van der Waals surface area contributed by atoms with E-state index in [0.29, 0.717) is 6.61 Å². The Hall–Kier alpha value is 0.270. The van der Waals surface area contributed by atoms with Crippen molar-refractivity contribution >= 4 is 12.6 Å². The molecular formula is C6H14O2S. The molecule has 0 fully saturated rings. The van der Waals surface area contributed by atoms with Gasteiger partial charge in [-0.25, -0.2) is 0 Å². The smallest absolute Gasteiger partial charge is 0.0608 e. The maximum atomic E-state index is 8.49. The van der Waals surface area contributed by atoms with Crippen molar-refractivity contribution < 1.29 is 9.84 Å². The van der Waals surface area contributed by atoms with Crippen LogP contribution in [-0.2, 0) is 4.74 Å². The lowest BCUT2D eigenvalue weighted by Crippen LogP contribution is -2.16. The molecule has 0 saturated carbocycles. The van der Waals surface area contributed by atoms with E-state index in [9.17, 15) is 0 Å². The lowest BCUT2D eigenvalue weighted by molar-refractivity contribution is 0.0713. The normalized spacial score (nSPS) is 14.3. The quantitative estimate of drug-likeness (QED) is 0.578. The highest BCUT2D eigenvalue weighted by Gasteiger charge is 2.01. The van der Waals surface area contributed by atoms with E-state index in [-0.39, 0.29) is 18.0 Å². The number of aliphatic hydroxyl groups excluding tert-OH is 1. The van der Waals surface area contributed by atoms with Gasteiger partial charge in [-0.1, -0.05) is 0 Å². The summed E-state index contributed by atoms with van der Waals surface area (Å²) in [4.78, 5) is 0. The molecule has 0 heterocycles. The Bertz CT molecular complexity index is 66.1. The molecule has 9 heavy (non-hydrogen) atoms. The molecule has 1 atom stereocenters. The van der Waals surface area contributed by atoms with Crippen LogP contribution in [0.4, 0.5) is 0 Å². The number of ether oxygens (including phenoxy) is 1. The molecule has 0 aliphatic heterocycles. The van der Waals surface area contributed by atoms with Gasteiger partial charge in [0.25, 0.3) is 0 Å². The fourth-order valence-corrected chi connectivity index (χ4v) is 0.442. The largest absolute Gasteiger partial charge is 0.395 e. The van der Waals surface area contributed by atoms with Crippen LogP contribution in [-0.4, -0.2) is 29.7 Å². The average molecular weight is 150 g/mol. The molecule has 0 aromatic carbocycles. The summed E-state index contributed by atoms with van der Waals surface area (Å²) in [6.45, 7) is 4.52. The number of thiol groups is 1. The van der Waals surface area contributed by atoms with Crippen molar-refractivity contribution in [3.8, 4) is 0 Å². The molecule has 0 bridgehead atoms. The molecule has 0 spiro atoms. The highest BCUT2D eigenvalue weighted by atomic mass is 32.1. The highest BCUT2D eigenvalue weighted by molar-refractivity contribution is 7.81. The molecule has 3 heteroatoms. The summed E-state index contributed by atoms with van der Waals surface area (Å²) >= 11 is 4.03. The van der Waals surface area contributed by atoms with Crippen molar-refractivity contribution in [2.75, 3.05) is 13.2 Å². The summed E-state index contributed by atoms with van der Waals surface area (Å²) in [6.07, 6.45) is 0.228. The topological polar surface area (TPSA) is 29.5 Å². The lowest BCUT2D eigenvalue weighted by atomic mass is 10.4. The predicted octanol–water partition coefficient (Wildman–Crippen LogP) is 0.702. The zero-order valence-electron chi connectivity index (χ0n) is 5.87. The van der Waals surface area contributed by atoms with Crippen molar-refractivity contribution in [3.63, 3.8) is 0 Å². The van der Waals surface area contributed by atoms with Gasteiger partial charge >= 0.3 is 0 Å². The van der Waals surface area contributed by atoms with Crippen molar-refractivity contribution in [1.29, 1.82) is 0 Å². The third kappa shape index (κ3) is 6.15. The molecule has 0 radical (unpaired) electrons. The van der Waals surface area contributed by atoms with E-state index in [2.05, 4.69) is 12.6 Å². The minimum atomic E-state index is -0.0348. The molecule has 1 N–H and O–H groups in total. The van der Waals surface area contributed by atoms with Crippen LogP contribution in [0, 0.1) is 0 Å². The summed E-state index contributed by atoms with van der Waals surface area (Å²) < 4.78 is 5.16. The molecule has 0 aromatic rings. The van der Waals surface area contributed by atoms with E-state index in [1.165, 1.54) is 0 Å². The fourth-order valence-electron chi connectivity index (χ4n) is 0.356. The summed E-state index contributed by atoms with van der Waals surface area (Å²) in [5, 5.41) is 8.46. The maximum absolute atomic E-state index is 8.49. The standard InChI is InChI=1S/C6H14O2S/c1-5(2)8-4-6(9)3-7/h5-7,9H,3-4H2,1-2H3. The molecule has 0 amide bonds. The average Bonchev–Trinajstić information content (AvgIpc) is 1.83. The third-order valence-electron chi connectivity index (χ3n) is 0.833. The van der Waals surface area contributed by atoms with E-state index < -0.39 is 0 Å². The van der Waals surface area contributed by atoms with Crippen molar-refractivity contribution in [2.45, 2.75) is 25.2 Å². The predicted molar refractivity (Wildman–Crippen MR) is 40.9 cm³/mol. The van der Waals surface area contributed by atoms with Crippen LogP contribution in [0.2, 0.25) is 0 Å². The van der Waals surface area contributed by atoms with Crippen LogP contribution in [0.5, 0.6) is 0 Å². The van der Waals surface area contributed by atoms with Gasteiger partial charge in [0.15, 0.2) is 0 Å². The van der Waals surface area contributed by atoms with Crippen LogP contribution in [0.15, 0.2) is 0 Å². The Morgan fingerprint density at radius 3 is 2.44 bits per heavy atom. The number of rotatable bonds is 4. The van der Waals surface area contributed by atoms with Gasteiger partial charge in [-0.2, -0.15) is 12.6 Å². The van der Waals surface area contributed by atoms with E-state index in [1.807, 2.05) is 13.8 Å². The number of aliphatic hydroxyl groups is 1. The summed E-state index contributed by atoms with van der Waals surface area (Å²) in [6, 6.07) is 0. The second kappa shape index (κ2) is 5.09. The SMILES string of the molecule is CC(C)OCC(S)CO. The molecule has 0 rings (SSSR count). The zero-order chi connectivity index (χ0) is 7.28. The maximum Gasteiger partial charge on any atom is 0.0608 e. The number of hydrogen-bond acceptors (Lipinski definition) is 3. The van der Waals surface area contributed by atoms with Crippen molar-refractivity contribution in [2.24, 2.45) is 0 Å². The molecule has 0 saturated heterocycles. The first kappa shape index (κ1) is 9.27. The van der Waals surface area contributed by atoms with E-state index >= 15 is 0 Å². The molecule has 0 aliphatic rings. The van der Waals surface area contributed by atoms with Crippen LogP contribution < -0.4 is 0 Å². The van der Waals surface area contributed by atoms with Crippen LogP contribution in [0.25, 0.3) is 0 Å². The third-order valence-corrected chi connectivity index (χ3v) is 1.15. The van der Waals surface area contributed by atoms with Crippen LogP contribution >= 0.6 is 12.6 Å². The fraction of sp³-hybridized carbons (Fsp3) is 1.00. The lowest BCUT2D eigenvalue weighted by Gasteiger charge is -2.10. The monoisotopic (exact) mass is 150 g/mol. The summed E-state index contributed by atoms with van der Waals surface area (Å²) in [5.74, 6) is 0. The van der Waals surface area contributed by atoms with Gasteiger partial charge < -0.3 is 9.84 Å². The van der Waals surface area contributed by atoms with Gasteiger partial charge in [-0.15, -0.1) is 0 Å². The zero-order valence-corrected chi connectivity index (χ0v) is 6.77. The van der Waals surface area contributed by atoms with Gasteiger partial charge in [-0.05, 0) is 13.8 Å². The molecular weight excluding hydrogens is 136 g/mol. The highest BCUT2D eigenvalue weighted by Crippen LogP contribution is 1.96. The molecule has 2 nitrogen and oxygen atoms in total. The van der Waals surface area contributed by atoms with Crippen molar-refractivity contribution in [3.05, 3.63) is 0 Å². The molecule has 56 valence electrons. The Kier molecular flexibility index (Phi) is 5.24. The molecule has 0 aliphatic carbocycles. The van der Waals surface area contributed by atoms with Gasteiger partial charge in [0.05, 0.1) is 19.3 Å². The van der Waals surface area contributed by atoms with Crippen molar-refractivity contribution in [1.82, 2.24) is 0 Å². The van der Waals surface area contributed by atoms with Gasteiger partial charge in [0.2, 0.25) is 0 Å². The Morgan fingerprint density at radius 2 is 2.11 bits per heavy atom. The Balaban J connectivity index is 3.06. The van der Waals surface area contributed by atoms with E-state index in [4.69, 9.17) is 9.84 Å². The first-order valence-corrected chi connectivity index (χ1v) is 3.59. The van der Waals surface area contributed by atoms with Gasteiger partial charge in [-0.3, -0.25) is 0 Å². The second-order valence-corrected chi connectivity index (χ2v) is 2.95. The number of hydrogen-bond donors (Lipinski definition) is 2. The minimum Gasteiger partial charge on any atom is -0.395 e. The van der Waals surface area contributed by atoms with Crippen LogP contribution in [0.1, 0.15) is 13.8 Å². The summed E-state index contributed by atoms with van der Waals surface area (Å²) in [5.41, 5.74) is 0. The first-order chi connectivity index (χ1) is 4.16. The van der Waals surface area contributed by atoms with Gasteiger partial charge in [0.1, 0.15) is 0 Å². The molecule has 0 aromatic heterocycles.